The zero-order valence-corrected chi connectivity index (χ0v) is 15.6. The maximum Gasteiger partial charge on any atom is 0.416 e. The van der Waals surface area contributed by atoms with E-state index in [-0.39, 0.29) is 10.7 Å². The number of alkyl halides is 3. The van der Waals surface area contributed by atoms with Crippen LogP contribution in [0.5, 0.6) is 11.5 Å². The Bertz CT molecular complexity index is 872. The number of rotatable bonds is 7. The molecule has 0 spiro atoms. The Labute approximate surface area is 163 Å². The van der Waals surface area contributed by atoms with E-state index in [2.05, 4.69) is 10.5 Å². The molecule has 0 aliphatic rings. The van der Waals surface area contributed by atoms with Crippen molar-refractivity contribution in [1.29, 1.82) is 0 Å². The predicted octanol–water partition coefficient (Wildman–Crippen LogP) is 4.37. The molecule has 2 rings (SSSR count). The van der Waals surface area contributed by atoms with Crippen molar-refractivity contribution >= 4 is 29.4 Å². The number of oxime groups is 1. The monoisotopic (exact) mass is 416 g/mol. The summed E-state index contributed by atoms with van der Waals surface area (Å²) in [6.07, 6.45) is -3.21. The van der Waals surface area contributed by atoms with Crippen molar-refractivity contribution in [2.75, 3.05) is 26.1 Å². The van der Waals surface area contributed by atoms with Gasteiger partial charge in [-0.25, -0.2) is 0 Å². The molecule has 150 valence electrons. The SMILES string of the molecule is COc1ccc(/C=N\OCC(=O)Nc2cc(C(F)(F)F)ccc2Cl)cc1OC. The van der Waals surface area contributed by atoms with Crippen molar-refractivity contribution in [1.82, 2.24) is 0 Å². The van der Waals surface area contributed by atoms with Crippen LogP contribution in [0.3, 0.4) is 0 Å². The van der Waals surface area contributed by atoms with E-state index < -0.39 is 24.3 Å². The highest BCUT2D eigenvalue weighted by atomic mass is 35.5. The van der Waals surface area contributed by atoms with Gasteiger partial charge in [-0.1, -0.05) is 16.8 Å². The molecule has 0 aliphatic carbocycles. The number of benzene rings is 2. The second-order valence-corrected chi connectivity index (χ2v) is 5.77. The van der Waals surface area contributed by atoms with Gasteiger partial charge in [-0.2, -0.15) is 13.2 Å². The van der Waals surface area contributed by atoms with Gasteiger partial charge in [0.2, 0.25) is 0 Å². The number of halogens is 4. The molecule has 0 saturated carbocycles. The summed E-state index contributed by atoms with van der Waals surface area (Å²) in [5, 5.41) is 5.85. The third-order valence-electron chi connectivity index (χ3n) is 3.45. The molecule has 1 N–H and O–H groups in total. The Morgan fingerprint density at radius 3 is 2.50 bits per heavy atom. The first-order valence-corrected chi connectivity index (χ1v) is 8.16. The molecule has 0 fully saturated rings. The highest BCUT2D eigenvalue weighted by molar-refractivity contribution is 6.33. The van der Waals surface area contributed by atoms with E-state index in [9.17, 15) is 18.0 Å². The highest BCUT2D eigenvalue weighted by Gasteiger charge is 2.31. The van der Waals surface area contributed by atoms with E-state index >= 15 is 0 Å². The first-order valence-electron chi connectivity index (χ1n) is 7.78. The first-order chi connectivity index (χ1) is 13.2. The zero-order chi connectivity index (χ0) is 20.7. The molecule has 2 aromatic rings. The van der Waals surface area contributed by atoms with Gasteiger partial charge in [-0.05, 0) is 36.4 Å². The second kappa shape index (κ2) is 9.32. The summed E-state index contributed by atoms with van der Waals surface area (Å²) in [7, 11) is 2.99. The fourth-order valence-electron chi connectivity index (χ4n) is 2.11. The lowest BCUT2D eigenvalue weighted by molar-refractivity contribution is -0.137. The molecule has 0 saturated heterocycles. The molecule has 0 aromatic heterocycles. The number of hydrogen-bond donors (Lipinski definition) is 1. The number of ether oxygens (including phenoxy) is 2. The van der Waals surface area contributed by atoms with E-state index in [1.165, 1.54) is 20.4 Å². The summed E-state index contributed by atoms with van der Waals surface area (Å²) in [6, 6.07) is 7.62. The van der Waals surface area contributed by atoms with Gasteiger partial charge in [0.05, 0.1) is 36.7 Å². The topological polar surface area (TPSA) is 69.2 Å². The minimum atomic E-state index is -4.55. The normalized spacial score (nSPS) is 11.4. The van der Waals surface area contributed by atoms with E-state index in [1.54, 1.807) is 18.2 Å². The number of nitrogens with zero attached hydrogens (tertiary/aromatic N) is 1. The van der Waals surface area contributed by atoms with Gasteiger partial charge in [0.15, 0.2) is 18.1 Å². The van der Waals surface area contributed by atoms with Gasteiger partial charge in [-0.3, -0.25) is 4.79 Å². The molecule has 0 aliphatic heterocycles. The fourth-order valence-corrected chi connectivity index (χ4v) is 2.28. The van der Waals surface area contributed by atoms with Crippen molar-refractivity contribution in [2.45, 2.75) is 6.18 Å². The molecule has 6 nitrogen and oxygen atoms in total. The summed E-state index contributed by atoms with van der Waals surface area (Å²) in [4.78, 5) is 16.7. The molecule has 0 unspecified atom stereocenters. The lowest BCUT2D eigenvalue weighted by atomic mass is 10.2. The van der Waals surface area contributed by atoms with Gasteiger partial charge in [-0.15, -0.1) is 0 Å². The number of carbonyl (C=O) groups is 1. The largest absolute Gasteiger partial charge is 0.493 e. The standard InChI is InChI=1S/C18H16ClF3N2O4/c1-26-15-6-3-11(7-16(15)27-2)9-23-28-10-17(25)24-14-8-12(18(20,21)22)4-5-13(14)19/h3-9H,10H2,1-2H3,(H,24,25)/b23-9-. The van der Waals surface area contributed by atoms with Crippen molar-refractivity contribution in [2.24, 2.45) is 5.16 Å². The Morgan fingerprint density at radius 1 is 1.14 bits per heavy atom. The summed E-state index contributed by atoms with van der Waals surface area (Å²) in [5.74, 6) is 0.312. The van der Waals surface area contributed by atoms with Crippen LogP contribution in [0, 0.1) is 0 Å². The van der Waals surface area contributed by atoms with Crippen LogP contribution in [0.2, 0.25) is 5.02 Å². The number of carbonyl (C=O) groups excluding carboxylic acids is 1. The smallest absolute Gasteiger partial charge is 0.416 e. The van der Waals surface area contributed by atoms with Crippen LogP contribution in [0.15, 0.2) is 41.6 Å². The fraction of sp³-hybridized carbons (Fsp3) is 0.222. The molecule has 0 radical (unpaired) electrons. The van der Waals surface area contributed by atoms with Crippen LogP contribution in [0.4, 0.5) is 18.9 Å². The van der Waals surface area contributed by atoms with E-state index in [4.69, 9.17) is 25.9 Å². The van der Waals surface area contributed by atoms with Crippen molar-refractivity contribution < 1.29 is 32.3 Å². The predicted molar refractivity (Wildman–Crippen MR) is 98.2 cm³/mol. The van der Waals surface area contributed by atoms with Gasteiger partial charge < -0.3 is 19.6 Å². The molecule has 0 heterocycles. The summed E-state index contributed by atoms with van der Waals surface area (Å²) in [6.45, 7) is -0.517. The average molecular weight is 417 g/mol. The van der Waals surface area contributed by atoms with E-state index in [0.717, 1.165) is 18.2 Å². The van der Waals surface area contributed by atoms with Gasteiger partial charge in [0.25, 0.3) is 5.91 Å². The van der Waals surface area contributed by atoms with Gasteiger partial charge in [0, 0.05) is 5.56 Å². The number of amides is 1. The Kier molecular flexibility index (Phi) is 7.11. The summed E-state index contributed by atoms with van der Waals surface area (Å²) >= 11 is 5.81. The molecule has 28 heavy (non-hydrogen) atoms. The van der Waals surface area contributed by atoms with E-state index in [0.29, 0.717) is 17.1 Å². The number of nitrogens with one attached hydrogen (secondary N) is 1. The molecule has 1 amide bonds. The Balaban J connectivity index is 1.94. The van der Waals surface area contributed by atoms with Gasteiger partial charge >= 0.3 is 6.18 Å². The van der Waals surface area contributed by atoms with Crippen LogP contribution in [0.1, 0.15) is 11.1 Å². The van der Waals surface area contributed by atoms with Crippen LogP contribution in [0.25, 0.3) is 0 Å². The Hall–Kier alpha value is -2.94. The number of methoxy groups -OCH3 is 2. The van der Waals surface area contributed by atoms with Crippen LogP contribution in [-0.4, -0.2) is 32.9 Å². The first kappa shape index (κ1) is 21.4. The average Bonchev–Trinajstić information content (AvgIpc) is 2.65. The van der Waals surface area contributed by atoms with Crippen molar-refractivity contribution in [3.63, 3.8) is 0 Å². The molecule has 0 bridgehead atoms. The van der Waals surface area contributed by atoms with Crippen LogP contribution >= 0.6 is 11.6 Å². The number of anilines is 1. The molecular weight excluding hydrogens is 401 g/mol. The number of hydrogen-bond acceptors (Lipinski definition) is 5. The molecule has 0 atom stereocenters. The molecular formula is C18H16ClF3N2O4. The third kappa shape index (κ3) is 5.78. The van der Waals surface area contributed by atoms with Crippen molar-refractivity contribution in [3.8, 4) is 11.5 Å². The molecule has 10 heteroatoms. The van der Waals surface area contributed by atoms with Gasteiger partial charge in [0.1, 0.15) is 0 Å². The third-order valence-corrected chi connectivity index (χ3v) is 3.78. The summed E-state index contributed by atoms with van der Waals surface area (Å²) in [5.41, 5.74) is -0.479. The highest BCUT2D eigenvalue weighted by Crippen LogP contribution is 2.33. The summed E-state index contributed by atoms with van der Waals surface area (Å²) < 4.78 is 48.5. The second-order valence-electron chi connectivity index (χ2n) is 5.36. The lowest BCUT2D eigenvalue weighted by Gasteiger charge is -2.11. The minimum Gasteiger partial charge on any atom is -0.493 e. The Morgan fingerprint density at radius 2 is 1.86 bits per heavy atom. The minimum absolute atomic E-state index is 0.0322. The quantitative estimate of drug-likeness (QED) is 0.537. The maximum atomic E-state index is 12.7. The maximum absolute atomic E-state index is 12.7. The van der Waals surface area contributed by atoms with Crippen LogP contribution < -0.4 is 14.8 Å². The van der Waals surface area contributed by atoms with E-state index in [1.807, 2.05) is 0 Å². The zero-order valence-electron chi connectivity index (χ0n) is 14.8. The lowest BCUT2D eigenvalue weighted by Crippen LogP contribution is -2.18. The van der Waals surface area contributed by atoms with Crippen LogP contribution in [-0.2, 0) is 15.8 Å². The molecule has 2 aromatic carbocycles. The van der Waals surface area contributed by atoms with Crippen molar-refractivity contribution in [3.05, 3.63) is 52.5 Å².